The van der Waals surface area contributed by atoms with Crippen LogP contribution in [0.2, 0.25) is 5.02 Å². The van der Waals surface area contributed by atoms with Crippen molar-refractivity contribution in [2.24, 2.45) is 0 Å². The van der Waals surface area contributed by atoms with Crippen molar-refractivity contribution in [3.63, 3.8) is 0 Å². The summed E-state index contributed by atoms with van der Waals surface area (Å²) in [6, 6.07) is 12.3. The molecular formula is C18H19ClN2O4. The quantitative estimate of drug-likeness (QED) is 0.774. The zero-order valence-electron chi connectivity index (χ0n) is 14.0. The fraction of sp³-hybridized carbons (Fsp3) is 0.222. The predicted octanol–water partition coefficient (Wildman–Crippen LogP) is 2.63. The van der Waals surface area contributed by atoms with Gasteiger partial charge in [0.2, 0.25) is 0 Å². The lowest BCUT2D eigenvalue weighted by atomic mass is 10.1. The third kappa shape index (κ3) is 5.77. The van der Waals surface area contributed by atoms with Crippen molar-refractivity contribution in [2.75, 3.05) is 13.7 Å². The molecule has 0 aliphatic carbocycles. The molecule has 2 rings (SSSR count). The number of rotatable bonds is 6. The number of hydrogen-bond acceptors (Lipinski definition) is 4. The number of benzene rings is 2. The van der Waals surface area contributed by atoms with Crippen molar-refractivity contribution in [3.8, 4) is 5.75 Å². The van der Waals surface area contributed by atoms with E-state index in [1.54, 1.807) is 36.4 Å². The fourth-order valence-electron chi connectivity index (χ4n) is 1.99. The van der Waals surface area contributed by atoms with E-state index in [1.165, 1.54) is 7.11 Å². The Bertz CT molecular complexity index is 747. The topological polar surface area (TPSA) is 76.7 Å². The number of nitrogens with one attached hydrogen (secondary N) is 2. The molecule has 0 aromatic heterocycles. The van der Waals surface area contributed by atoms with Crippen LogP contribution < -0.4 is 15.6 Å². The minimum Gasteiger partial charge on any atom is -0.489 e. The Kier molecular flexibility index (Phi) is 6.80. The molecule has 0 saturated heterocycles. The number of aryl methyl sites for hydroxylation is 1. The molecule has 0 atom stereocenters. The molecule has 132 valence electrons. The molecule has 0 radical (unpaired) electrons. The van der Waals surface area contributed by atoms with Gasteiger partial charge in [-0.3, -0.25) is 20.4 Å². The number of ether oxygens (including phenoxy) is 2. The number of hydrazine groups is 1. The van der Waals surface area contributed by atoms with Gasteiger partial charge in [0.15, 0.2) is 0 Å². The summed E-state index contributed by atoms with van der Waals surface area (Å²) in [6.45, 7) is 2.16. The first-order valence-electron chi connectivity index (χ1n) is 7.55. The molecule has 0 fully saturated rings. The van der Waals surface area contributed by atoms with E-state index in [9.17, 15) is 9.59 Å². The normalized spacial score (nSPS) is 10.2. The van der Waals surface area contributed by atoms with Gasteiger partial charge in [0, 0.05) is 17.7 Å². The van der Waals surface area contributed by atoms with Gasteiger partial charge < -0.3 is 9.47 Å². The van der Waals surface area contributed by atoms with Gasteiger partial charge in [-0.25, -0.2) is 0 Å². The van der Waals surface area contributed by atoms with E-state index in [0.29, 0.717) is 17.2 Å². The number of hydrogen-bond donors (Lipinski definition) is 2. The van der Waals surface area contributed by atoms with Crippen molar-refractivity contribution in [1.82, 2.24) is 10.9 Å². The second-order valence-electron chi connectivity index (χ2n) is 5.33. The lowest BCUT2D eigenvalue weighted by Gasteiger charge is -2.09. The standard InChI is InChI=1S/C18H19ClN2O4/c1-12-9-15(7-8-16(12)19)25-10-13-3-5-14(6-4-13)18(23)21-20-17(22)11-24-2/h3-9H,10-11H2,1-2H3,(H,20,22)(H,21,23). The molecule has 2 amide bonds. The molecule has 25 heavy (non-hydrogen) atoms. The monoisotopic (exact) mass is 362 g/mol. The van der Waals surface area contributed by atoms with Gasteiger partial charge in [-0.05, 0) is 48.4 Å². The molecule has 0 spiro atoms. The van der Waals surface area contributed by atoms with E-state index in [-0.39, 0.29) is 6.61 Å². The largest absolute Gasteiger partial charge is 0.489 e. The van der Waals surface area contributed by atoms with Crippen LogP contribution in [-0.2, 0) is 16.1 Å². The first-order valence-corrected chi connectivity index (χ1v) is 7.93. The lowest BCUT2D eigenvalue weighted by Crippen LogP contribution is -2.43. The zero-order chi connectivity index (χ0) is 18.2. The first kappa shape index (κ1) is 18.8. The molecule has 7 heteroatoms. The van der Waals surface area contributed by atoms with Gasteiger partial charge in [-0.15, -0.1) is 0 Å². The van der Waals surface area contributed by atoms with E-state index in [4.69, 9.17) is 16.3 Å². The number of carbonyl (C=O) groups is 2. The van der Waals surface area contributed by atoms with Crippen molar-refractivity contribution in [2.45, 2.75) is 13.5 Å². The summed E-state index contributed by atoms with van der Waals surface area (Å²) in [4.78, 5) is 23.1. The fourth-order valence-corrected chi connectivity index (χ4v) is 2.11. The van der Waals surface area contributed by atoms with Crippen LogP contribution in [0.4, 0.5) is 0 Å². The zero-order valence-corrected chi connectivity index (χ0v) is 14.7. The first-order chi connectivity index (χ1) is 12.0. The van der Waals surface area contributed by atoms with Crippen molar-refractivity contribution in [3.05, 3.63) is 64.2 Å². The molecule has 2 aromatic carbocycles. The van der Waals surface area contributed by atoms with Crippen LogP contribution in [0, 0.1) is 6.92 Å². The van der Waals surface area contributed by atoms with Gasteiger partial charge in [0.1, 0.15) is 19.0 Å². The number of amides is 2. The minimum absolute atomic E-state index is 0.124. The molecule has 2 aromatic rings. The highest BCUT2D eigenvalue weighted by Crippen LogP contribution is 2.21. The number of methoxy groups -OCH3 is 1. The Labute approximate surface area is 151 Å². The summed E-state index contributed by atoms with van der Waals surface area (Å²) in [5.74, 6) is -0.117. The molecule has 0 heterocycles. The van der Waals surface area contributed by atoms with Gasteiger partial charge in [0.05, 0.1) is 0 Å². The Morgan fingerprint density at radius 3 is 2.44 bits per heavy atom. The van der Waals surface area contributed by atoms with Crippen LogP contribution in [-0.4, -0.2) is 25.5 Å². The highest BCUT2D eigenvalue weighted by atomic mass is 35.5. The van der Waals surface area contributed by atoms with Crippen LogP contribution >= 0.6 is 11.6 Å². The Balaban J connectivity index is 1.87. The van der Waals surface area contributed by atoms with Crippen molar-refractivity contribution in [1.29, 1.82) is 0 Å². The van der Waals surface area contributed by atoms with Crippen LogP contribution in [0.25, 0.3) is 0 Å². The molecule has 0 saturated carbocycles. The van der Waals surface area contributed by atoms with Gasteiger partial charge in [-0.2, -0.15) is 0 Å². The molecule has 6 nitrogen and oxygen atoms in total. The summed E-state index contributed by atoms with van der Waals surface area (Å²) < 4.78 is 10.4. The highest BCUT2D eigenvalue weighted by Gasteiger charge is 2.07. The van der Waals surface area contributed by atoms with Crippen LogP contribution in [0.3, 0.4) is 0 Å². The predicted molar refractivity (Wildman–Crippen MR) is 94.4 cm³/mol. The smallest absolute Gasteiger partial charge is 0.269 e. The molecule has 0 unspecified atom stereocenters. The summed E-state index contributed by atoms with van der Waals surface area (Å²) in [5.41, 5.74) is 6.84. The van der Waals surface area contributed by atoms with Crippen molar-refractivity contribution < 1.29 is 19.1 Å². The van der Waals surface area contributed by atoms with E-state index in [1.807, 2.05) is 13.0 Å². The molecular weight excluding hydrogens is 344 g/mol. The second kappa shape index (κ2) is 9.05. The maximum atomic E-state index is 11.9. The third-order valence-corrected chi connectivity index (χ3v) is 3.77. The second-order valence-corrected chi connectivity index (χ2v) is 5.74. The van der Waals surface area contributed by atoms with Crippen LogP contribution in [0.1, 0.15) is 21.5 Å². The van der Waals surface area contributed by atoms with E-state index >= 15 is 0 Å². The molecule has 0 aliphatic rings. The Hall–Kier alpha value is -2.57. The molecule has 0 bridgehead atoms. The maximum absolute atomic E-state index is 11.9. The van der Waals surface area contributed by atoms with E-state index in [2.05, 4.69) is 15.6 Å². The lowest BCUT2D eigenvalue weighted by molar-refractivity contribution is -0.125. The van der Waals surface area contributed by atoms with Crippen LogP contribution in [0.5, 0.6) is 5.75 Å². The maximum Gasteiger partial charge on any atom is 0.269 e. The average molecular weight is 363 g/mol. The van der Waals surface area contributed by atoms with Crippen molar-refractivity contribution >= 4 is 23.4 Å². The average Bonchev–Trinajstić information content (AvgIpc) is 2.61. The summed E-state index contributed by atoms with van der Waals surface area (Å²) >= 11 is 5.98. The Morgan fingerprint density at radius 2 is 1.80 bits per heavy atom. The third-order valence-electron chi connectivity index (χ3n) is 3.34. The van der Waals surface area contributed by atoms with Gasteiger partial charge in [0.25, 0.3) is 11.8 Å². The summed E-state index contributed by atoms with van der Waals surface area (Å²) in [5, 5.41) is 0.695. The Morgan fingerprint density at radius 1 is 1.08 bits per heavy atom. The SMILES string of the molecule is COCC(=O)NNC(=O)c1ccc(COc2ccc(Cl)c(C)c2)cc1. The molecule has 2 N–H and O–H groups in total. The van der Waals surface area contributed by atoms with E-state index < -0.39 is 11.8 Å². The van der Waals surface area contributed by atoms with Gasteiger partial charge in [-0.1, -0.05) is 23.7 Å². The van der Waals surface area contributed by atoms with Gasteiger partial charge >= 0.3 is 0 Å². The minimum atomic E-state index is -0.431. The highest BCUT2D eigenvalue weighted by molar-refractivity contribution is 6.31. The number of halogens is 1. The summed E-state index contributed by atoms with van der Waals surface area (Å²) in [6.07, 6.45) is 0. The summed E-state index contributed by atoms with van der Waals surface area (Å²) in [7, 11) is 1.40. The van der Waals surface area contributed by atoms with Crippen LogP contribution in [0.15, 0.2) is 42.5 Å². The number of carbonyl (C=O) groups excluding carboxylic acids is 2. The molecule has 0 aliphatic heterocycles. The van der Waals surface area contributed by atoms with E-state index in [0.717, 1.165) is 16.9 Å².